The number of hydrogen-bond donors (Lipinski definition) is 5. The topological polar surface area (TPSA) is 144 Å². The molecule has 4 atom stereocenters. The van der Waals surface area contributed by atoms with Crippen molar-refractivity contribution in [3.8, 4) is 0 Å². The summed E-state index contributed by atoms with van der Waals surface area (Å²) < 4.78 is 7.11. The van der Waals surface area contributed by atoms with Crippen LogP contribution in [0.1, 0.15) is 24.4 Å². The maximum absolute atomic E-state index is 9.75. The van der Waals surface area contributed by atoms with Crippen molar-refractivity contribution in [1.82, 2.24) is 9.78 Å². The Bertz CT molecular complexity index is 515. The number of guanidine groups is 1. The molecule has 3 rings (SSSR count). The smallest absolute Gasteiger partial charge is 0.196 e. The van der Waals surface area contributed by atoms with E-state index < -0.39 is 24.6 Å². The van der Waals surface area contributed by atoms with E-state index in [0.717, 1.165) is 0 Å². The minimum atomic E-state index is -0.724. The van der Waals surface area contributed by atoms with E-state index in [4.69, 9.17) is 21.3 Å². The van der Waals surface area contributed by atoms with E-state index in [1.165, 1.54) is 0 Å². The highest BCUT2D eigenvalue weighted by Crippen LogP contribution is 2.34. The number of rotatable bonds is 2. The third-order valence-electron chi connectivity index (χ3n) is 3.32. The molecule has 0 amide bonds. The summed E-state index contributed by atoms with van der Waals surface area (Å²) in [7, 11) is 0. The number of anilines is 1. The molecule has 1 fully saturated rings. The van der Waals surface area contributed by atoms with Gasteiger partial charge < -0.3 is 31.7 Å². The Morgan fingerprint density at radius 1 is 1.58 bits per heavy atom. The van der Waals surface area contributed by atoms with Crippen molar-refractivity contribution in [3.05, 3.63) is 11.8 Å². The first-order valence-corrected chi connectivity index (χ1v) is 5.98. The number of aliphatic hydroxyl groups is 2. The maximum Gasteiger partial charge on any atom is 0.196 e. The number of aliphatic hydroxyl groups excluding tert-OH is 2. The molecule has 0 spiro atoms. The Morgan fingerprint density at radius 2 is 2.37 bits per heavy atom. The van der Waals surface area contributed by atoms with E-state index in [-0.39, 0.29) is 12.6 Å². The van der Waals surface area contributed by atoms with Crippen molar-refractivity contribution in [3.63, 3.8) is 0 Å². The number of aliphatic imine (C=N–C) groups is 1. The van der Waals surface area contributed by atoms with E-state index in [1.807, 2.05) is 0 Å². The molecule has 1 aromatic rings. The van der Waals surface area contributed by atoms with Crippen LogP contribution in [0, 0.1) is 0 Å². The predicted molar refractivity (Wildman–Crippen MR) is 66.0 cm³/mol. The highest BCUT2D eigenvalue weighted by molar-refractivity contribution is 5.94. The number of nitrogens with zero attached hydrogens (tertiary/aromatic N) is 3. The normalized spacial score (nSPS) is 33.7. The molecule has 2 unspecified atom stereocenters. The largest absolute Gasteiger partial charge is 0.394 e. The van der Waals surface area contributed by atoms with E-state index in [1.54, 1.807) is 10.9 Å². The van der Waals surface area contributed by atoms with Crippen LogP contribution in [-0.2, 0) is 4.74 Å². The summed E-state index contributed by atoms with van der Waals surface area (Å²) in [5, 5.41) is 25.9. The summed E-state index contributed by atoms with van der Waals surface area (Å²) in [6, 6.07) is 0. The summed E-state index contributed by atoms with van der Waals surface area (Å²) in [6.07, 6.45) is -0.434. The molecule has 2 aliphatic rings. The average molecular weight is 268 g/mol. The van der Waals surface area contributed by atoms with Crippen LogP contribution in [0.4, 0.5) is 5.82 Å². The molecule has 1 saturated heterocycles. The molecule has 9 nitrogen and oxygen atoms in total. The minimum absolute atomic E-state index is 0.207. The van der Waals surface area contributed by atoms with Crippen molar-refractivity contribution in [2.45, 2.75) is 31.0 Å². The maximum atomic E-state index is 9.75. The Morgan fingerprint density at radius 3 is 3.05 bits per heavy atom. The summed E-state index contributed by atoms with van der Waals surface area (Å²) in [6.45, 7) is -0.238. The van der Waals surface area contributed by atoms with Crippen LogP contribution in [0.5, 0.6) is 0 Å². The van der Waals surface area contributed by atoms with Crippen LogP contribution < -0.4 is 16.8 Å². The second kappa shape index (κ2) is 4.46. The van der Waals surface area contributed by atoms with Gasteiger partial charge in [0.05, 0.1) is 24.5 Å². The summed E-state index contributed by atoms with van der Waals surface area (Å²) >= 11 is 0. The molecule has 0 aliphatic carbocycles. The highest BCUT2D eigenvalue weighted by atomic mass is 16.5. The number of fused-ring (bicyclic) bond motifs is 1. The van der Waals surface area contributed by atoms with Crippen LogP contribution in [0.3, 0.4) is 0 Å². The monoisotopic (exact) mass is 268 g/mol. The Hall–Kier alpha value is -1.68. The lowest BCUT2D eigenvalue weighted by atomic mass is 10.2. The lowest BCUT2D eigenvalue weighted by Gasteiger charge is -2.21. The zero-order valence-electron chi connectivity index (χ0n) is 10.1. The summed E-state index contributed by atoms with van der Waals surface area (Å²) in [5.41, 5.74) is 12.2. The average Bonchev–Trinajstić information content (AvgIpc) is 2.92. The Labute approximate surface area is 108 Å². The predicted octanol–water partition coefficient (Wildman–Crippen LogP) is -1.78. The van der Waals surface area contributed by atoms with Gasteiger partial charge in [-0.05, 0) is 0 Å². The lowest BCUT2D eigenvalue weighted by molar-refractivity contribution is -0.0476. The van der Waals surface area contributed by atoms with E-state index in [0.29, 0.717) is 17.8 Å². The standard InChI is InChI=1S/C10H16N6O3/c11-8-4-2-13-16(9(4)15-10(12)14-8)7-1-5(18)6(3-17)19-7/h2,5-8,17-18H,1,3,11H2,(H3,12,14,15)/t5?,6-,7-,8?/m1/s1. The highest BCUT2D eigenvalue weighted by Gasteiger charge is 2.37. The first-order valence-electron chi connectivity index (χ1n) is 5.98. The van der Waals surface area contributed by atoms with Gasteiger partial charge >= 0.3 is 0 Å². The molecule has 0 saturated carbocycles. The third-order valence-corrected chi connectivity index (χ3v) is 3.32. The van der Waals surface area contributed by atoms with Gasteiger partial charge in [-0.15, -0.1) is 0 Å². The van der Waals surface area contributed by atoms with Crippen LogP contribution in [-0.4, -0.2) is 44.8 Å². The number of nitrogens with one attached hydrogen (secondary N) is 1. The van der Waals surface area contributed by atoms with Gasteiger partial charge in [0.25, 0.3) is 0 Å². The fraction of sp³-hybridized carbons (Fsp3) is 0.600. The summed E-state index contributed by atoms with van der Waals surface area (Å²) in [4.78, 5) is 3.99. The van der Waals surface area contributed by atoms with Gasteiger partial charge in [0.1, 0.15) is 18.1 Å². The van der Waals surface area contributed by atoms with E-state index in [2.05, 4.69) is 15.4 Å². The first-order chi connectivity index (χ1) is 9.10. The van der Waals surface area contributed by atoms with Crippen molar-refractivity contribution >= 4 is 11.8 Å². The third kappa shape index (κ3) is 1.96. The SMILES string of the molecule is NC1=NC(N)c2cnn([C@H]3CC(O)[C@@H](CO)O3)c2N1. The number of nitrogens with two attached hydrogens (primary N) is 2. The molecule has 0 bridgehead atoms. The second-order valence-corrected chi connectivity index (χ2v) is 4.59. The molecular weight excluding hydrogens is 252 g/mol. The van der Waals surface area contributed by atoms with Gasteiger partial charge in [-0.25, -0.2) is 9.67 Å². The first kappa shape index (κ1) is 12.4. The molecule has 2 aliphatic heterocycles. The molecule has 0 radical (unpaired) electrons. The number of aromatic nitrogens is 2. The van der Waals surface area contributed by atoms with Gasteiger partial charge in [-0.1, -0.05) is 0 Å². The Kier molecular flexibility index (Phi) is 2.90. The Balaban J connectivity index is 1.89. The van der Waals surface area contributed by atoms with E-state index >= 15 is 0 Å². The number of ether oxygens (including phenoxy) is 1. The quantitative estimate of drug-likeness (QED) is 0.426. The zero-order chi connectivity index (χ0) is 13.6. The van der Waals surface area contributed by atoms with Crippen LogP contribution in [0.2, 0.25) is 0 Å². The van der Waals surface area contributed by atoms with Crippen LogP contribution in [0.25, 0.3) is 0 Å². The van der Waals surface area contributed by atoms with Gasteiger partial charge in [0.15, 0.2) is 12.2 Å². The molecule has 3 heterocycles. The summed E-state index contributed by atoms with van der Waals surface area (Å²) in [5.74, 6) is 0.815. The van der Waals surface area contributed by atoms with Gasteiger partial charge in [-0.2, -0.15) is 5.10 Å². The fourth-order valence-electron chi connectivity index (χ4n) is 2.34. The van der Waals surface area contributed by atoms with Gasteiger partial charge in [0.2, 0.25) is 0 Å². The molecule has 0 aromatic carbocycles. The molecule has 19 heavy (non-hydrogen) atoms. The van der Waals surface area contributed by atoms with Gasteiger partial charge in [-0.3, -0.25) is 0 Å². The minimum Gasteiger partial charge on any atom is -0.394 e. The van der Waals surface area contributed by atoms with Crippen molar-refractivity contribution in [2.75, 3.05) is 11.9 Å². The molecule has 1 aromatic heterocycles. The van der Waals surface area contributed by atoms with Crippen LogP contribution in [0.15, 0.2) is 11.2 Å². The lowest BCUT2D eigenvalue weighted by Crippen LogP contribution is -2.32. The molecular formula is C10H16N6O3. The number of hydrogen-bond acceptors (Lipinski definition) is 8. The van der Waals surface area contributed by atoms with E-state index in [9.17, 15) is 5.11 Å². The fourth-order valence-corrected chi connectivity index (χ4v) is 2.34. The zero-order valence-corrected chi connectivity index (χ0v) is 10.1. The second-order valence-electron chi connectivity index (χ2n) is 4.59. The molecule has 7 N–H and O–H groups in total. The molecule has 104 valence electrons. The van der Waals surface area contributed by atoms with Crippen molar-refractivity contribution in [1.29, 1.82) is 0 Å². The van der Waals surface area contributed by atoms with Crippen molar-refractivity contribution < 1.29 is 14.9 Å². The van der Waals surface area contributed by atoms with Crippen molar-refractivity contribution in [2.24, 2.45) is 16.5 Å². The van der Waals surface area contributed by atoms with Crippen LogP contribution >= 0.6 is 0 Å². The van der Waals surface area contributed by atoms with Gasteiger partial charge in [0, 0.05) is 6.42 Å². The molecule has 9 heteroatoms.